The molecule has 1 aromatic carbocycles. The second kappa shape index (κ2) is 11.0. The summed E-state index contributed by atoms with van der Waals surface area (Å²) in [4.78, 5) is -0.286. The molecule has 1 unspecified atom stereocenters. The highest BCUT2D eigenvalue weighted by atomic mass is 35.5. The van der Waals surface area contributed by atoms with E-state index in [4.69, 9.17) is 11.6 Å². The van der Waals surface area contributed by atoms with Gasteiger partial charge in [0.25, 0.3) is 0 Å². The Kier molecular flexibility index (Phi) is 9.74. The summed E-state index contributed by atoms with van der Waals surface area (Å²) in [5.74, 6) is 0. The SMILES string of the molecule is C=CC(CCCCCCCCCC)(Cc1ccccc1)C(C)(C)Cl. The molecule has 0 aliphatic carbocycles. The van der Waals surface area contributed by atoms with E-state index in [2.05, 4.69) is 63.8 Å². The first-order valence-corrected chi connectivity index (χ1v) is 10.2. The molecule has 0 fully saturated rings. The van der Waals surface area contributed by atoms with Crippen molar-refractivity contribution in [3.63, 3.8) is 0 Å². The summed E-state index contributed by atoms with van der Waals surface area (Å²) in [6, 6.07) is 10.7. The molecule has 0 aliphatic rings. The van der Waals surface area contributed by atoms with E-state index in [1.165, 1.54) is 56.9 Å². The lowest BCUT2D eigenvalue weighted by atomic mass is 9.69. The van der Waals surface area contributed by atoms with Gasteiger partial charge in [-0.3, -0.25) is 0 Å². The van der Waals surface area contributed by atoms with Crippen molar-refractivity contribution in [2.45, 2.75) is 89.9 Å². The third-order valence-corrected chi connectivity index (χ3v) is 5.79. The lowest BCUT2D eigenvalue weighted by Crippen LogP contribution is -2.39. The number of hydrogen-bond acceptors (Lipinski definition) is 0. The maximum Gasteiger partial charge on any atom is 0.0484 e. The van der Waals surface area contributed by atoms with Crippen LogP contribution in [0, 0.1) is 5.41 Å². The number of benzene rings is 1. The molecule has 136 valence electrons. The van der Waals surface area contributed by atoms with E-state index in [1.807, 2.05) is 0 Å². The Bertz CT molecular complexity index is 443. The third-order valence-electron chi connectivity index (χ3n) is 5.41. The van der Waals surface area contributed by atoms with Gasteiger partial charge in [-0.1, -0.05) is 94.7 Å². The van der Waals surface area contributed by atoms with Crippen molar-refractivity contribution in [3.05, 3.63) is 48.6 Å². The maximum absolute atomic E-state index is 6.83. The van der Waals surface area contributed by atoms with Gasteiger partial charge in [0.2, 0.25) is 0 Å². The highest BCUT2D eigenvalue weighted by molar-refractivity contribution is 6.24. The monoisotopic (exact) mass is 348 g/mol. The van der Waals surface area contributed by atoms with E-state index < -0.39 is 0 Å². The van der Waals surface area contributed by atoms with E-state index in [0.29, 0.717) is 0 Å². The summed E-state index contributed by atoms with van der Waals surface area (Å²) in [5.41, 5.74) is 1.31. The molecular weight excluding hydrogens is 312 g/mol. The normalized spacial score (nSPS) is 14.3. The molecule has 0 aromatic heterocycles. The van der Waals surface area contributed by atoms with E-state index in [1.54, 1.807) is 0 Å². The minimum Gasteiger partial charge on any atom is -0.119 e. The number of hydrogen-bond donors (Lipinski definition) is 0. The quantitative estimate of drug-likeness (QED) is 0.193. The van der Waals surface area contributed by atoms with Gasteiger partial charge in [-0.25, -0.2) is 0 Å². The van der Waals surface area contributed by atoms with Crippen LogP contribution in [-0.4, -0.2) is 4.87 Å². The molecule has 0 nitrogen and oxygen atoms in total. The van der Waals surface area contributed by atoms with Crippen molar-refractivity contribution in [1.29, 1.82) is 0 Å². The molecule has 0 saturated heterocycles. The zero-order valence-electron chi connectivity index (χ0n) is 16.1. The molecule has 0 aliphatic heterocycles. The van der Waals surface area contributed by atoms with Gasteiger partial charge < -0.3 is 0 Å². The Hall–Kier alpha value is -0.750. The van der Waals surface area contributed by atoms with Gasteiger partial charge in [0, 0.05) is 10.3 Å². The molecule has 1 atom stereocenters. The van der Waals surface area contributed by atoms with Crippen molar-refractivity contribution in [1.82, 2.24) is 0 Å². The van der Waals surface area contributed by atoms with Gasteiger partial charge in [-0.15, -0.1) is 18.2 Å². The van der Waals surface area contributed by atoms with Crippen LogP contribution >= 0.6 is 11.6 Å². The molecular formula is C23H37Cl. The van der Waals surface area contributed by atoms with Crippen LogP contribution < -0.4 is 0 Å². The molecule has 0 radical (unpaired) electrons. The fraction of sp³-hybridized carbons (Fsp3) is 0.652. The van der Waals surface area contributed by atoms with Crippen molar-refractivity contribution < 1.29 is 0 Å². The first kappa shape index (κ1) is 21.3. The van der Waals surface area contributed by atoms with Crippen LogP contribution in [0.1, 0.15) is 84.1 Å². The average Bonchev–Trinajstić information content (AvgIpc) is 2.56. The fourth-order valence-electron chi connectivity index (χ4n) is 3.55. The average molecular weight is 349 g/mol. The molecule has 0 saturated carbocycles. The summed E-state index contributed by atoms with van der Waals surface area (Å²) >= 11 is 6.83. The topological polar surface area (TPSA) is 0 Å². The molecule has 0 N–H and O–H groups in total. The van der Waals surface area contributed by atoms with Crippen LogP contribution in [0.2, 0.25) is 0 Å². The number of alkyl halides is 1. The highest BCUT2D eigenvalue weighted by Crippen LogP contribution is 2.45. The van der Waals surface area contributed by atoms with Crippen LogP contribution in [0.5, 0.6) is 0 Å². The number of allylic oxidation sites excluding steroid dienone is 1. The second-order valence-corrected chi connectivity index (χ2v) is 8.66. The minimum absolute atomic E-state index is 0.0435. The Morgan fingerprint density at radius 3 is 1.96 bits per heavy atom. The summed E-state index contributed by atoms with van der Waals surface area (Å²) in [7, 11) is 0. The number of rotatable bonds is 13. The maximum atomic E-state index is 6.83. The van der Waals surface area contributed by atoms with E-state index in [-0.39, 0.29) is 10.3 Å². The molecule has 1 heteroatoms. The molecule has 0 bridgehead atoms. The molecule has 0 amide bonds. The molecule has 1 aromatic rings. The predicted molar refractivity (Wildman–Crippen MR) is 110 cm³/mol. The standard InChI is InChI=1S/C23H37Cl/c1-5-7-8-9-10-11-12-16-19-23(6-2,22(3,4)24)20-21-17-14-13-15-18-21/h6,13-15,17-18H,2,5,7-12,16,19-20H2,1,3-4H3. The predicted octanol–water partition coefficient (Wildman–Crippen LogP) is 7.95. The van der Waals surface area contributed by atoms with Crippen LogP contribution in [0.15, 0.2) is 43.0 Å². The number of halogens is 1. The van der Waals surface area contributed by atoms with Gasteiger partial charge in [0.1, 0.15) is 0 Å². The van der Waals surface area contributed by atoms with Gasteiger partial charge >= 0.3 is 0 Å². The number of unbranched alkanes of at least 4 members (excludes halogenated alkanes) is 7. The Balaban J connectivity index is 2.53. The Labute approximate surface area is 155 Å². The first-order chi connectivity index (χ1) is 11.4. The summed E-state index contributed by atoms with van der Waals surface area (Å²) in [5, 5.41) is 0. The molecule has 1 rings (SSSR count). The Morgan fingerprint density at radius 1 is 0.917 bits per heavy atom. The van der Waals surface area contributed by atoms with Crippen molar-refractivity contribution in [2.75, 3.05) is 0 Å². The van der Waals surface area contributed by atoms with Crippen molar-refractivity contribution in [3.8, 4) is 0 Å². The van der Waals surface area contributed by atoms with Gasteiger partial charge in [-0.05, 0) is 32.3 Å². The highest BCUT2D eigenvalue weighted by Gasteiger charge is 2.40. The van der Waals surface area contributed by atoms with Crippen molar-refractivity contribution in [2.24, 2.45) is 5.41 Å². The summed E-state index contributed by atoms with van der Waals surface area (Å²) < 4.78 is 0. The minimum atomic E-state index is -0.286. The lowest BCUT2D eigenvalue weighted by molar-refractivity contribution is 0.257. The molecule has 0 heterocycles. The second-order valence-electron chi connectivity index (χ2n) is 7.72. The fourth-order valence-corrected chi connectivity index (χ4v) is 3.79. The zero-order valence-corrected chi connectivity index (χ0v) is 16.9. The van der Waals surface area contributed by atoms with Crippen LogP contribution in [-0.2, 0) is 6.42 Å². The Morgan fingerprint density at radius 2 is 1.46 bits per heavy atom. The van der Waals surface area contributed by atoms with Gasteiger partial charge in [-0.2, -0.15) is 0 Å². The van der Waals surface area contributed by atoms with E-state index >= 15 is 0 Å². The first-order valence-electron chi connectivity index (χ1n) is 9.81. The largest absolute Gasteiger partial charge is 0.119 e. The zero-order chi connectivity index (χ0) is 17.9. The molecule has 24 heavy (non-hydrogen) atoms. The van der Waals surface area contributed by atoms with Crippen LogP contribution in [0.3, 0.4) is 0 Å². The molecule has 0 spiro atoms. The van der Waals surface area contributed by atoms with Crippen molar-refractivity contribution >= 4 is 11.6 Å². The van der Waals surface area contributed by atoms with Crippen LogP contribution in [0.25, 0.3) is 0 Å². The van der Waals surface area contributed by atoms with Crippen LogP contribution in [0.4, 0.5) is 0 Å². The summed E-state index contributed by atoms with van der Waals surface area (Å²) in [6.45, 7) is 10.7. The lowest BCUT2D eigenvalue weighted by Gasteiger charge is -2.41. The third kappa shape index (κ3) is 7.01. The van der Waals surface area contributed by atoms with Gasteiger partial charge in [0.15, 0.2) is 0 Å². The smallest absolute Gasteiger partial charge is 0.0484 e. The van der Waals surface area contributed by atoms with Gasteiger partial charge in [0.05, 0.1) is 0 Å². The van der Waals surface area contributed by atoms with E-state index in [9.17, 15) is 0 Å². The summed E-state index contributed by atoms with van der Waals surface area (Å²) in [6.07, 6.45) is 15.0. The van der Waals surface area contributed by atoms with E-state index in [0.717, 1.165) is 12.8 Å².